The van der Waals surface area contributed by atoms with E-state index in [1.54, 1.807) is 14.0 Å². The maximum Gasteiger partial charge on any atom is 0.309 e. The van der Waals surface area contributed by atoms with E-state index in [9.17, 15) is 15.0 Å². The fourth-order valence-corrected chi connectivity index (χ4v) is 2.61. The molecule has 0 radical (unpaired) electrons. The molecular weight excluding hydrogens is 256 g/mol. The van der Waals surface area contributed by atoms with E-state index in [1.165, 1.54) is 0 Å². The molecule has 112 valence electrons. The van der Waals surface area contributed by atoms with E-state index in [0.29, 0.717) is 12.8 Å². The van der Waals surface area contributed by atoms with Crippen molar-refractivity contribution in [1.82, 2.24) is 0 Å². The first-order valence-electron chi connectivity index (χ1n) is 6.86. The van der Waals surface area contributed by atoms with Gasteiger partial charge in [0, 0.05) is 0 Å². The van der Waals surface area contributed by atoms with Gasteiger partial charge in [-0.2, -0.15) is 0 Å². The van der Waals surface area contributed by atoms with Gasteiger partial charge in [-0.3, -0.25) is 4.79 Å². The molecule has 2 N–H and O–H groups in total. The number of carboxylic acids is 1. The van der Waals surface area contributed by atoms with Gasteiger partial charge in [-0.15, -0.1) is 0 Å². The molecule has 4 heteroatoms. The molecule has 0 spiro atoms. The number of benzene rings is 1. The number of methoxy groups -OCH3 is 1. The van der Waals surface area contributed by atoms with E-state index in [1.807, 2.05) is 38.1 Å². The van der Waals surface area contributed by atoms with Crippen molar-refractivity contribution >= 4 is 5.97 Å². The van der Waals surface area contributed by atoms with Crippen LogP contribution in [0.4, 0.5) is 0 Å². The van der Waals surface area contributed by atoms with Crippen LogP contribution in [0.15, 0.2) is 24.3 Å². The molecule has 2 unspecified atom stereocenters. The quantitative estimate of drug-likeness (QED) is 0.806. The van der Waals surface area contributed by atoms with Gasteiger partial charge in [0.05, 0.1) is 18.6 Å². The zero-order valence-corrected chi connectivity index (χ0v) is 12.6. The van der Waals surface area contributed by atoms with Crippen LogP contribution in [0.2, 0.25) is 0 Å². The highest BCUT2D eigenvalue weighted by Crippen LogP contribution is 2.29. The zero-order chi connectivity index (χ0) is 15.3. The molecule has 0 aliphatic heterocycles. The lowest BCUT2D eigenvalue weighted by molar-refractivity contribution is -0.154. The van der Waals surface area contributed by atoms with Gasteiger partial charge >= 0.3 is 5.97 Å². The van der Waals surface area contributed by atoms with Gasteiger partial charge in [0.1, 0.15) is 5.75 Å². The Morgan fingerprint density at radius 1 is 1.30 bits per heavy atom. The average molecular weight is 280 g/mol. The number of carboxylic acid groups (broad SMARTS) is 1. The number of carbonyl (C=O) groups is 1. The van der Waals surface area contributed by atoms with Crippen LogP contribution in [-0.4, -0.2) is 28.9 Å². The summed E-state index contributed by atoms with van der Waals surface area (Å²) in [6, 6.07) is 7.59. The number of hydrogen-bond acceptors (Lipinski definition) is 3. The molecule has 0 saturated heterocycles. The lowest BCUT2D eigenvalue weighted by Gasteiger charge is -2.32. The number of ether oxygens (including phenoxy) is 1. The maximum atomic E-state index is 11.3. The number of aliphatic carboxylic acids is 1. The molecule has 0 fully saturated rings. The van der Waals surface area contributed by atoms with Crippen molar-refractivity contribution in [1.29, 1.82) is 0 Å². The maximum absolute atomic E-state index is 11.3. The first-order valence-corrected chi connectivity index (χ1v) is 6.86. The van der Waals surface area contributed by atoms with Crippen LogP contribution < -0.4 is 4.74 Å². The van der Waals surface area contributed by atoms with Crippen LogP contribution in [0.25, 0.3) is 0 Å². The second-order valence-corrected chi connectivity index (χ2v) is 5.77. The van der Waals surface area contributed by atoms with Gasteiger partial charge in [0.2, 0.25) is 0 Å². The first kappa shape index (κ1) is 16.5. The third-order valence-electron chi connectivity index (χ3n) is 3.68. The van der Waals surface area contributed by atoms with Gasteiger partial charge in [0.15, 0.2) is 0 Å². The van der Waals surface area contributed by atoms with Gasteiger partial charge in [-0.05, 0) is 43.4 Å². The topological polar surface area (TPSA) is 66.8 Å². The summed E-state index contributed by atoms with van der Waals surface area (Å²) in [7, 11) is 1.61. The number of aryl methyl sites for hydroxylation is 1. The SMILES string of the molecule is COc1ccc(CCC(C)(O)C(C(=O)O)C(C)C)cc1. The van der Waals surface area contributed by atoms with Crippen molar-refractivity contribution in [3.63, 3.8) is 0 Å². The molecule has 1 aromatic carbocycles. The first-order chi connectivity index (χ1) is 9.27. The van der Waals surface area contributed by atoms with Gasteiger partial charge in [-0.1, -0.05) is 26.0 Å². The summed E-state index contributed by atoms with van der Waals surface area (Å²) < 4.78 is 5.09. The highest BCUT2D eigenvalue weighted by atomic mass is 16.5. The minimum atomic E-state index is -1.22. The minimum Gasteiger partial charge on any atom is -0.497 e. The second-order valence-electron chi connectivity index (χ2n) is 5.77. The van der Waals surface area contributed by atoms with Gasteiger partial charge < -0.3 is 14.9 Å². The van der Waals surface area contributed by atoms with Crippen LogP contribution >= 0.6 is 0 Å². The summed E-state index contributed by atoms with van der Waals surface area (Å²) in [6.07, 6.45) is 1.04. The summed E-state index contributed by atoms with van der Waals surface area (Å²) in [6.45, 7) is 5.25. The van der Waals surface area contributed by atoms with E-state index in [0.717, 1.165) is 11.3 Å². The Morgan fingerprint density at radius 2 is 1.85 bits per heavy atom. The molecule has 0 aliphatic carbocycles. The summed E-state index contributed by atoms with van der Waals surface area (Å²) in [5.41, 5.74) is -0.168. The molecule has 0 amide bonds. The van der Waals surface area contributed by atoms with Crippen molar-refractivity contribution in [2.75, 3.05) is 7.11 Å². The summed E-state index contributed by atoms with van der Waals surface area (Å²) in [4.78, 5) is 11.3. The third-order valence-corrected chi connectivity index (χ3v) is 3.68. The molecule has 1 aromatic rings. The Morgan fingerprint density at radius 3 is 2.25 bits per heavy atom. The van der Waals surface area contributed by atoms with Crippen molar-refractivity contribution in [3.05, 3.63) is 29.8 Å². The Kier molecular flexibility index (Phi) is 5.57. The normalized spacial score (nSPS) is 15.7. The molecule has 0 heterocycles. The predicted octanol–water partition coefficient (Wildman–Crippen LogP) is 2.74. The van der Waals surface area contributed by atoms with Crippen molar-refractivity contribution in [2.24, 2.45) is 11.8 Å². The fourth-order valence-electron chi connectivity index (χ4n) is 2.61. The largest absolute Gasteiger partial charge is 0.497 e. The van der Waals surface area contributed by atoms with E-state index in [-0.39, 0.29) is 5.92 Å². The molecule has 0 saturated carbocycles. The Labute approximate surface area is 120 Å². The molecule has 0 aromatic heterocycles. The summed E-state index contributed by atoms with van der Waals surface area (Å²) in [5, 5.41) is 19.7. The molecular formula is C16H24O4. The Bertz CT molecular complexity index is 434. The summed E-state index contributed by atoms with van der Waals surface area (Å²) >= 11 is 0. The standard InChI is InChI=1S/C16H24O4/c1-11(2)14(15(17)18)16(3,19)10-9-12-5-7-13(20-4)8-6-12/h5-8,11,14,19H,9-10H2,1-4H3,(H,17,18). The smallest absolute Gasteiger partial charge is 0.309 e. The van der Waals surface area contributed by atoms with Crippen LogP contribution in [0, 0.1) is 11.8 Å². The second kappa shape index (κ2) is 6.75. The average Bonchev–Trinajstić information content (AvgIpc) is 2.35. The predicted molar refractivity (Wildman–Crippen MR) is 77.9 cm³/mol. The van der Waals surface area contributed by atoms with E-state index < -0.39 is 17.5 Å². The third kappa shape index (κ3) is 4.23. The van der Waals surface area contributed by atoms with Crippen LogP contribution in [0.1, 0.15) is 32.8 Å². The lowest BCUT2D eigenvalue weighted by atomic mass is 9.77. The van der Waals surface area contributed by atoms with Crippen molar-refractivity contribution < 1.29 is 19.7 Å². The number of aliphatic hydroxyl groups is 1. The molecule has 0 bridgehead atoms. The van der Waals surface area contributed by atoms with Crippen LogP contribution in [0.5, 0.6) is 5.75 Å². The van der Waals surface area contributed by atoms with E-state index >= 15 is 0 Å². The molecule has 1 rings (SSSR count). The number of rotatable bonds is 7. The summed E-state index contributed by atoms with van der Waals surface area (Å²) in [5.74, 6) is -1.04. The molecule has 2 atom stereocenters. The Hall–Kier alpha value is -1.55. The van der Waals surface area contributed by atoms with Crippen LogP contribution in [0.3, 0.4) is 0 Å². The van der Waals surface area contributed by atoms with E-state index in [2.05, 4.69) is 0 Å². The highest BCUT2D eigenvalue weighted by molar-refractivity contribution is 5.71. The Balaban J connectivity index is 2.72. The van der Waals surface area contributed by atoms with Crippen LogP contribution in [-0.2, 0) is 11.2 Å². The zero-order valence-electron chi connectivity index (χ0n) is 12.6. The molecule has 0 aliphatic rings. The molecule has 20 heavy (non-hydrogen) atoms. The number of hydrogen-bond donors (Lipinski definition) is 2. The molecule has 4 nitrogen and oxygen atoms in total. The van der Waals surface area contributed by atoms with Crippen molar-refractivity contribution in [3.8, 4) is 5.75 Å². The van der Waals surface area contributed by atoms with Gasteiger partial charge in [-0.25, -0.2) is 0 Å². The van der Waals surface area contributed by atoms with Crippen molar-refractivity contribution in [2.45, 2.75) is 39.2 Å². The monoisotopic (exact) mass is 280 g/mol. The van der Waals surface area contributed by atoms with Gasteiger partial charge in [0.25, 0.3) is 0 Å². The highest BCUT2D eigenvalue weighted by Gasteiger charge is 2.39. The fraction of sp³-hybridized carbons (Fsp3) is 0.562. The minimum absolute atomic E-state index is 0.113. The van der Waals surface area contributed by atoms with E-state index in [4.69, 9.17) is 4.74 Å². The lowest BCUT2D eigenvalue weighted by Crippen LogP contribution is -2.43.